The van der Waals surface area contributed by atoms with Crippen molar-refractivity contribution in [3.63, 3.8) is 0 Å². The molecule has 0 aliphatic carbocycles. The van der Waals surface area contributed by atoms with Crippen LogP contribution in [-0.4, -0.2) is 14.3 Å². The van der Waals surface area contributed by atoms with Crippen LogP contribution in [0.1, 0.15) is 26.4 Å². The molecule has 2 aromatic rings. The monoisotopic (exact) mass is 466 g/mol. The standard InChI is InChI=1S/C14H9ClF6N2O3S2/c1-6-5-27-11(10(6)15)12(24)22-23-28(25,26)9-3-7(13(16,17)18)2-8(4-9)14(19,20)21/h2-5,23H,1H3,(H,22,24). The van der Waals surface area contributed by atoms with E-state index in [4.69, 9.17) is 11.6 Å². The van der Waals surface area contributed by atoms with E-state index in [0.29, 0.717) is 5.56 Å². The van der Waals surface area contributed by atoms with Crippen LogP contribution in [0.15, 0.2) is 28.5 Å². The highest BCUT2D eigenvalue weighted by molar-refractivity contribution is 7.89. The molecule has 5 nitrogen and oxygen atoms in total. The van der Waals surface area contributed by atoms with Gasteiger partial charge in [-0.15, -0.1) is 16.2 Å². The maximum absolute atomic E-state index is 12.8. The molecule has 0 spiro atoms. The summed E-state index contributed by atoms with van der Waals surface area (Å²) in [5, 5.41) is 1.52. The average molecular weight is 467 g/mol. The van der Waals surface area contributed by atoms with E-state index in [0.717, 1.165) is 11.3 Å². The topological polar surface area (TPSA) is 75.3 Å². The van der Waals surface area contributed by atoms with Gasteiger partial charge in [-0.1, -0.05) is 11.6 Å². The van der Waals surface area contributed by atoms with Crippen LogP contribution in [0.4, 0.5) is 26.3 Å². The van der Waals surface area contributed by atoms with E-state index in [2.05, 4.69) is 0 Å². The number of hydrazine groups is 1. The molecule has 1 heterocycles. The van der Waals surface area contributed by atoms with Crippen LogP contribution in [0, 0.1) is 6.92 Å². The molecule has 0 radical (unpaired) electrons. The highest BCUT2D eigenvalue weighted by atomic mass is 35.5. The maximum atomic E-state index is 12.8. The maximum Gasteiger partial charge on any atom is 0.416 e. The van der Waals surface area contributed by atoms with Gasteiger partial charge in [0.1, 0.15) is 4.88 Å². The van der Waals surface area contributed by atoms with E-state index >= 15 is 0 Å². The molecule has 0 aliphatic heterocycles. The van der Waals surface area contributed by atoms with Gasteiger partial charge in [0.2, 0.25) is 0 Å². The summed E-state index contributed by atoms with van der Waals surface area (Å²) in [5.74, 6) is -1.03. The minimum Gasteiger partial charge on any atom is -0.273 e. The van der Waals surface area contributed by atoms with Gasteiger partial charge in [-0.05, 0) is 36.1 Å². The van der Waals surface area contributed by atoms with Gasteiger partial charge < -0.3 is 0 Å². The van der Waals surface area contributed by atoms with Crippen molar-refractivity contribution in [1.29, 1.82) is 0 Å². The van der Waals surface area contributed by atoms with Gasteiger partial charge in [0.25, 0.3) is 15.9 Å². The molecule has 14 heteroatoms. The summed E-state index contributed by atoms with van der Waals surface area (Å²) in [7, 11) is -4.96. The zero-order chi connectivity index (χ0) is 21.5. The first-order chi connectivity index (χ1) is 12.6. The van der Waals surface area contributed by atoms with Crippen LogP contribution in [0.25, 0.3) is 0 Å². The van der Waals surface area contributed by atoms with Crippen LogP contribution in [0.2, 0.25) is 5.02 Å². The molecule has 1 aromatic heterocycles. The molecule has 1 aromatic carbocycles. The summed E-state index contributed by atoms with van der Waals surface area (Å²) in [5.41, 5.74) is -1.41. The van der Waals surface area contributed by atoms with Crippen molar-refractivity contribution < 1.29 is 39.6 Å². The van der Waals surface area contributed by atoms with Gasteiger partial charge in [-0.2, -0.15) is 26.3 Å². The Bertz CT molecular complexity index is 983. The van der Waals surface area contributed by atoms with E-state index < -0.39 is 44.3 Å². The van der Waals surface area contributed by atoms with E-state index in [1.54, 1.807) is 12.3 Å². The van der Waals surface area contributed by atoms with Crippen molar-refractivity contribution in [2.75, 3.05) is 0 Å². The molecule has 0 fully saturated rings. The summed E-state index contributed by atoms with van der Waals surface area (Å²) in [6.07, 6.45) is -10.5. The van der Waals surface area contributed by atoms with Crippen molar-refractivity contribution in [2.45, 2.75) is 24.2 Å². The Labute approximate surface area is 163 Å². The van der Waals surface area contributed by atoms with E-state index in [-0.39, 0.29) is 28.1 Å². The number of nitrogens with one attached hydrogen (secondary N) is 2. The third kappa shape index (κ3) is 4.96. The molecule has 0 aliphatic rings. The summed E-state index contributed by atoms with van der Waals surface area (Å²) < 4.78 is 101. The lowest BCUT2D eigenvalue weighted by atomic mass is 10.1. The van der Waals surface area contributed by atoms with Crippen LogP contribution in [0.5, 0.6) is 0 Å². The SMILES string of the molecule is Cc1csc(C(=O)NNS(=O)(=O)c2cc(C(F)(F)F)cc(C(F)(F)F)c2)c1Cl. The predicted molar refractivity (Wildman–Crippen MR) is 88.3 cm³/mol. The highest BCUT2D eigenvalue weighted by Gasteiger charge is 2.38. The lowest BCUT2D eigenvalue weighted by molar-refractivity contribution is -0.143. The van der Waals surface area contributed by atoms with E-state index in [1.807, 2.05) is 0 Å². The van der Waals surface area contributed by atoms with Crippen LogP contribution < -0.4 is 10.3 Å². The summed E-state index contributed by atoms with van der Waals surface area (Å²) >= 11 is 6.70. The zero-order valence-electron chi connectivity index (χ0n) is 13.5. The van der Waals surface area contributed by atoms with Crippen LogP contribution in [-0.2, 0) is 22.4 Å². The Hall–Kier alpha value is -1.83. The molecular weight excluding hydrogens is 458 g/mol. The van der Waals surface area contributed by atoms with Gasteiger partial charge in [-0.3, -0.25) is 10.2 Å². The normalized spacial score (nSPS) is 12.9. The lowest BCUT2D eigenvalue weighted by Crippen LogP contribution is -2.41. The Morgan fingerprint density at radius 3 is 1.93 bits per heavy atom. The molecule has 0 unspecified atom stereocenters. The largest absolute Gasteiger partial charge is 0.416 e. The van der Waals surface area contributed by atoms with Crippen molar-refractivity contribution >= 4 is 38.9 Å². The number of aryl methyl sites for hydroxylation is 1. The molecule has 0 bridgehead atoms. The number of sulfonamides is 1. The third-order valence-corrected chi connectivity index (χ3v) is 6.20. The van der Waals surface area contributed by atoms with Crippen molar-refractivity contribution in [3.05, 3.63) is 50.2 Å². The van der Waals surface area contributed by atoms with Crippen molar-refractivity contribution in [3.8, 4) is 0 Å². The number of hydrogen-bond acceptors (Lipinski definition) is 4. The van der Waals surface area contributed by atoms with Crippen LogP contribution in [0.3, 0.4) is 0 Å². The Morgan fingerprint density at radius 2 is 1.54 bits per heavy atom. The fraction of sp³-hybridized carbons (Fsp3) is 0.214. The molecule has 0 saturated heterocycles. The Morgan fingerprint density at radius 1 is 1.04 bits per heavy atom. The number of amides is 1. The second-order valence-electron chi connectivity index (χ2n) is 5.36. The third-order valence-electron chi connectivity index (χ3n) is 3.28. The smallest absolute Gasteiger partial charge is 0.273 e. The molecule has 1 amide bonds. The fourth-order valence-corrected chi connectivity index (χ4v) is 3.98. The number of hydrogen-bond donors (Lipinski definition) is 2. The summed E-state index contributed by atoms with van der Waals surface area (Å²) in [6.45, 7) is 1.57. The Balaban J connectivity index is 2.36. The first-order valence-corrected chi connectivity index (χ1v) is 9.72. The predicted octanol–water partition coefficient (Wildman–Crippen LogP) is 4.37. The lowest BCUT2D eigenvalue weighted by Gasteiger charge is -2.15. The number of benzene rings is 1. The number of alkyl halides is 6. The number of carbonyl (C=O) groups excluding carboxylic acids is 1. The molecule has 0 saturated carbocycles. The zero-order valence-corrected chi connectivity index (χ0v) is 15.9. The van der Waals surface area contributed by atoms with Gasteiger partial charge in [0.15, 0.2) is 0 Å². The second-order valence-corrected chi connectivity index (χ2v) is 8.30. The van der Waals surface area contributed by atoms with Crippen molar-refractivity contribution in [1.82, 2.24) is 10.3 Å². The minimum absolute atomic E-state index is 0.0198. The van der Waals surface area contributed by atoms with Gasteiger partial charge >= 0.3 is 12.4 Å². The number of halogens is 7. The van der Waals surface area contributed by atoms with Gasteiger partial charge in [0.05, 0.1) is 21.0 Å². The van der Waals surface area contributed by atoms with E-state index in [1.165, 1.54) is 10.2 Å². The number of thiophene rings is 1. The number of carbonyl (C=O) groups is 1. The average Bonchev–Trinajstić information content (AvgIpc) is 2.90. The molecular formula is C14H9ClF6N2O3S2. The number of rotatable bonds is 4. The highest BCUT2D eigenvalue weighted by Crippen LogP contribution is 2.37. The van der Waals surface area contributed by atoms with Crippen LogP contribution >= 0.6 is 22.9 Å². The van der Waals surface area contributed by atoms with Crippen molar-refractivity contribution in [2.24, 2.45) is 0 Å². The first-order valence-electron chi connectivity index (χ1n) is 6.98. The van der Waals surface area contributed by atoms with Gasteiger partial charge in [0, 0.05) is 0 Å². The second kappa shape index (κ2) is 7.54. The van der Waals surface area contributed by atoms with E-state index in [9.17, 15) is 39.6 Å². The molecule has 154 valence electrons. The quantitative estimate of drug-likeness (QED) is 0.519. The molecule has 2 N–H and O–H groups in total. The first kappa shape index (κ1) is 22.5. The summed E-state index contributed by atoms with van der Waals surface area (Å²) in [6, 6.07) is -0.177. The molecule has 28 heavy (non-hydrogen) atoms. The minimum atomic E-state index is -5.23. The fourth-order valence-electron chi connectivity index (χ4n) is 1.89. The Kier molecular flexibility index (Phi) is 6.05. The molecule has 2 rings (SSSR count). The molecule has 0 atom stereocenters. The summed E-state index contributed by atoms with van der Waals surface area (Å²) in [4.78, 5) is 12.0. The van der Waals surface area contributed by atoms with Gasteiger partial charge in [-0.25, -0.2) is 8.42 Å².